The average Bonchev–Trinajstić information content (AvgIpc) is 2.39. The number of rotatable bonds is 4. The molecule has 0 spiro atoms. The third-order valence-corrected chi connectivity index (χ3v) is 2.78. The van der Waals surface area contributed by atoms with E-state index in [2.05, 4.69) is 16.0 Å². The lowest BCUT2D eigenvalue weighted by Crippen LogP contribution is -2.25. The van der Waals surface area contributed by atoms with Crippen LogP contribution in [0.15, 0.2) is 24.3 Å². The lowest BCUT2D eigenvalue weighted by molar-refractivity contribution is 0.814. The molecule has 2 N–H and O–H groups in total. The van der Waals surface area contributed by atoms with Crippen molar-refractivity contribution in [2.45, 2.75) is 13.3 Å². The molecule has 2 rings (SSSR count). The first-order valence-corrected chi connectivity index (χ1v) is 5.90. The molecule has 18 heavy (non-hydrogen) atoms. The number of anilines is 2. The van der Waals surface area contributed by atoms with E-state index in [-0.39, 0.29) is 5.95 Å². The van der Waals surface area contributed by atoms with Crippen LogP contribution in [0.3, 0.4) is 0 Å². The minimum atomic E-state index is 0.263. The Morgan fingerprint density at radius 3 is 2.83 bits per heavy atom. The molecule has 5 nitrogen and oxygen atoms in total. The van der Waals surface area contributed by atoms with E-state index >= 15 is 0 Å². The van der Waals surface area contributed by atoms with Crippen LogP contribution in [-0.2, 0) is 0 Å². The van der Waals surface area contributed by atoms with E-state index in [1.54, 1.807) is 0 Å². The van der Waals surface area contributed by atoms with E-state index in [0.717, 1.165) is 23.3 Å². The van der Waals surface area contributed by atoms with E-state index in [1.807, 2.05) is 36.1 Å². The van der Waals surface area contributed by atoms with Gasteiger partial charge in [0, 0.05) is 18.5 Å². The third-order valence-electron chi connectivity index (χ3n) is 2.78. The highest BCUT2D eigenvalue weighted by atomic mass is 15.2. The molecule has 0 fully saturated rings. The van der Waals surface area contributed by atoms with Gasteiger partial charge in [-0.15, -0.1) is 0 Å². The summed E-state index contributed by atoms with van der Waals surface area (Å²) in [5.74, 6) is 1.06. The summed E-state index contributed by atoms with van der Waals surface area (Å²) in [5.41, 5.74) is 6.56. The number of aromatic nitrogens is 2. The fraction of sp³-hybridized carbons (Fsp3) is 0.308. The van der Waals surface area contributed by atoms with E-state index in [4.69, 9.17) is 11.0 Å². The predicted molar refractivity (Wildman–Crippen MR) is 72.1 cm³/mol. The van der Waals surface area contributed by atoms with Gasteiger partial charge in [0.2, 0.25) is 5.95 Å². The van der Waals surface area contributed by atoms with Crippen molar-refractivity contribution in [2.24, 2.45) is 0 Å². The Morgan fingerprint density at radius 1 is 1.33 bits per heavy atom. The number of nitrogens with zero attached hydrogens (tertiary/aromatic N) is 4. The molecule has 1 aromatic heterocycles. The monoisotopic (exact) mass is 241 g/mol. The molecular formula is C13H15N5. The van der Waals surface area contributed by atoms with Crippen LogP contribution in [0.1, 0.15) is 13.3 Å². The number of nitriles is 1. The van der Waals surface area contributed by atoms with Crippen LogP contribution in [0.25, 0.3) is 10.9 Å². The quantitative estimate of drug-likeness (QED) is 0.885. The summed E-state index contributed by atoms with van der Waals surface area (Å²) < 4.78 is 0. The van der Waals surface area contributed by atoms with Gasteiger partial charge in [-0.1, -0.05) is 12.1 Å². The number of hydrogen-bond donors (Lipinski definition) is 1. The number of hydrogen-bond acceptors (Lipinski definition) is 5. The number of nitrogen functional groups attached to an aromatic ring is 1. The van der Waals surface area contributed by atoms with Gasteiger partial charge in [-0.25, -0.2) is 4.98 Å². The maximum Gasteiger partial charge on any atom is 0.222 e. The van der Waals surface area contributed by atoms with Crippen LogP contribution in [-0.4, -0.2) is 23.1 Å². The molecule has 1 heterocycles. The molecule has 0 amide bonds. The van der Waals surface area contributed by atoms with Crippen LogP contribution in [0, 0.1) is 11.3 Å². The summed E-state index contributed by atoms with van der Waals surface area (Å²) in [5, 5.41) is 9.66. The van der Waals surface area contributed by atoms with Crippen molar-refractivity contribution in [1.29, 1.82) is 5.26 Å². The number of para-hydroxylation sites is 1. The molecule has 1 aromatic carbocycles. The molecule has 0 unspecified atom stereocenters. The zero-order valence-corrected chi connectivity index (χ0v) is 10.3. The minimum Gasteiger partial charge on any atom is -0.368 e. The summed E-state index contributed by atoms with van der Waals surface area (Å²) in [7, 11) is 0. The largest absolute Gasteiger partial charge is 0.368 e. The summed E-state index contributed by atoms with van der Waals surface area (Å²) in [6.45, 7) is 3.46. The maximum atomic E-state index is 8.69. The van der Waals surface area contributed by atoms with Crippen molar-refractivity contribution in [3.05, 3.63) is 24.3 Å². The van der Waals surface area contributed by atoms with Crippen LogP contribution < -0.4 is 10.6 Å². The second-order valence-corrected chi connectivity index (χ2v) is 3.91. The topological polar surface area (TPSA) is 78.8 Å². The zero-order chi connectivity index (χ0) is 13.0. The summed E-state index contributed by atoms with van der Waals surface area (Å²) in [6, 6.07) is 9.90. The highest BCUT2D eigenvalue weighted by Crippen LogP contribution is 2.24. The number of fused-ring (bicyclic) bond motifs is 1. The third kappa shape index (κ3) is 2.33. The van der Waals surface area contributed by atoms with Crippen LogP contribution >= 0.6 is 0 Å². The average molecular weight is 241 g/mol. The molecule has 0 radical (unpaired) electrons. The van der Waals surface area contributed by atoms with Gasteiger partial charge in [0.1, 0.15) is 5.82 Å². The minimum absolute atomic E-state index is 0.263. The van der Waals surface area contributed by atoms with E-state index in [0.29, 0.717) is 13.0 Å². The van der Waals surface area contributed by atoms with Gasteiger partial charge >= 0.3 is 0 Å². The van der Waals surface area contributed by atoms with Crippen LogP contribution in [0.5, 0.6) is 0 Å². The second-order valence-electron chi connectivity index (χ2n) is 3.91. The fourth-order valence-electron chi connectivity index (χ4n) is 1.92. The molecular weight excluding hydrogens is 226 g/mol. The molecule has 2 aromatic rings. The maximum absolute atomic E-state index is 8.69. The van der Waals surface area contributed by atoms with E-state index < -0.39 is 0 Å². The first-order chi connectivity index (χ1) is 8.76. The molecule has 0 aliphatic rings. The Morgan fingerprint density at radius 2 is 2.11 bits per heavy atom. The molecule has 0 aliphatic heterocycles. The highest BCUT2D eigenvalue weighted by Gasteiger charge is 2.11. The van der Waals surface area contributed by atoms with Crippen LogP contribution in [0.4, 0.5) is 11.8 Å². The van der Waals surface area contributed by atoms with Gasteiger partial charge in [-0.3, -0.25) is 0 Å². The van der Waals surface area contributed by atoms with Crippen molar-refractivity contribution in [3.63, 3.8) is 0 Å². The van der Waals surface area contributed by atoms with Gasteiger partial charge in [0.15, 0.2) is 0 Å². The summed E-state index contributed by atoms with van der Waals surface area (Å²) in [4.78, 5) is 10.6. The van der Waals surface area contributed by atoms with Gasteiger partial charge in [-0.05, 0) is 19.1 Å². The lowest BCUT2D eigenvalue weighted by Gasteiger charge is -2.22. The second kappa shape index (κ2) is 5.32. The van der Waals surface area contributed by atoms with Crippen molar-refractivity contribution in [1.82, 2.24) is 9.97 Å². The van der Waals surface area contributed by atoms with Gasteiger partial charge in [-0.2, -0.15) is 10.2 Å². The van der Waals surface area contributed by atoms with Crippen molar-refractivity contribution in [2.75, 3.05) is 23.7 Å². The Balaban J connectivity index is 2.51. The molecule has 0 saturated carbocycles. The Bertz CT molecular complexity index is 587. The first kappa shape index (κ1) is 12.1. The predicted octanol–water partition coefficient (Wildman–Crippen LogP) is 1.95. The van der Waals surface area contributed by atoms with E-state index in [1.165, 1.54) is 0 Å². The van der Waals surface area contributed by atoms with Crippen molar-refractivity contribution in [3.8, 4) is 6.07 Å². The van der Waals surface area contributed by atoms with Gasteiger partial charge < -0.3 is 10.6 Å². The smallest absolute Gasteiger partial charge is 0.222 e. The molecule has 0 aliphatic carbocycles. The molecule has 0 bridgehead atoms. The SMILES string of the molecule is CCN(CCC#N)c1nc(N)nc2ccccc12. The number of nitrogens with two attached hydrogens (primary N) is 1. The Hall–Kier alpha value is -2.35. The van der Waals surface area contributed by atoms with E-state index in [9.17, 15) is 0 Å². The summed E-state index contributed by atoms with van der Waals surface area (Å²) in [6.07, 6.45) is 0.464. The molecule has 0 atom stereocenters. The fourth-order valence-corrected chi connectivity index (χ4v) is 1.92. The molecule has 92 valence electrons. The Kier molecular flexibility index (Phi) is 3.58. The standard InChI is InChI=1S/C13H15N5/c1-2-18(9-5-8-14)12-10-6-3-4-7-11(10)16-13(15)17-12/h3-4,6-7H,2,5,9H2,1H3,(H2,15,16,17). The van der Waals surface area contributed by atoms with Gasteiger partial charge in [0.25, 0.3) is 0 Å². The summed E-state index contributed by atoms with van der Waals surface area (Å²) >= 11 is 0. The highest BCUT2D eigenvalue weighted by molar-refractivity contribution is 5.90. The Labute approximate surface area is 106 Å². The normalized spacial score (nSPS) is 10.2. The first-order valence-electron chi connectivity index (χ1n) is 5.90. The molecule has 5 heteroatoms. The number of benzene rings is 1. The lowest BCUT2D eigenvalue weighted by atomic mass is 10.2. The van der Waals surface area contributed by atoms with Crippen molar-refractivity contribution >= 4 is 22.7 Å². The molecule has 0 saturated heterocycles. The van der Waals surface area contributed by atoms with Gasteiger partial charge in [0.05, 0.1) is 18.0 Å². The zero-order valence-electron chi connectivity index (χ0n) is 10.3. The van der Waals surface area contributed by atoms with Crippen molar-refractivity contribution < 1.29 is 0 Å². The van der Waals surface area contributed by atoms with Crippen LogP contribution in [0.2, 0.25) is 0 Å².